The number of thiophene rings is 1. The van der Waals surface area contributed by atoms with Crippen LogP contribution in [0.5, 0.6) is 0 Å². The summed E-state index contributed by atoms with van der Waals surface area (Å²) in [5.74, 6) is 0. The Morgan fingerprint density at radius 2 is 0.918 bits per heavy atom. The summed E-state index contributed by atoms with van der Waals surface area (Å²) >= 11 is 1.87. The molecule has 0 amide bonds. The maximum atomic E-state index is 2.52. The van der Waals surface area contributed by atoms with Crippen molar-refractivity contribution in [3.05, 3.63) is 247 Å². The molecule has 2 aliphatic rings. The third kappa shape index (κ3) is 4.94. The lowest BCUT2D eigenvalue weighted by molar-refractivity contribution is 0.773. The molecular formula is C59H37NS. The van der Waals surface area contributed by atoms with Gasteiger partial charge in [-0.1, -0.05) is 182 Å². The first-order chi connectivity index (χ1) is 30.3. The average Bonchev–Trinajstić information content (AvgIpc) is 3.85. The van der Waals surface area contributed by atoms with E-state index in [1.54, 1.807) is 0 Å². The summed E-state index contributed by atoms with van der Waals surface area (Å²) in [5.41, 5.74) is 18.2. The Kier molecular flexibility index (Phi) is 7.46. The predicted octanol–water partition coefficient (Wildman–Crippen LogP) is 16.4. The molecule has 1 nitrogen and oxygen atoms in total. The lowest BCUT2D eigenvalue weighted by atomic mass is 9.61. The van der Waals surface area contributed by atoms with E-state index >= 15 is 0 Å². The van der Waals surface area contributed by atoms with Gasteiger partial charge < -0.3 is 4.90 Å². The van der Waals surface area contributed by atoms with Gasteiger partial charge in [0.15, 0.2) is 0 Å². The quantitative estimate of drug-likeness (QED) is 0.168. The Balaban J connectivity index is 1.11. The van der Waals surface area contributed by atoms with E-state index in [0.717, 1.165) is 17.1 Å². The number of fused-ring (bicyclic) bond motifs is 12. The molecule has 1 heterocycles. The van der Waals surface area contributed by atoms with Crippen LogP contribution in [-0.2, 0) is 5.41 Å². The first-order valence-electron chi connectivity index (χ1n) is 21.1. The lowest BCUT2D eigenvalue weighted by Gasteiger charge is -2.40. The van der Waals surface area contributed by atoms with Gasteiger partial charge in [0, 0.05) is 37.2 Å². The number of rotatable bonds is 5. The number of hydrogen-bond donors (Lipinski definition) is 0. The molecule has 284 valence electrons. The van der Waals surface area contributed by atoms with Crippen molar-refractivity contribution < 1.29 is 0 Å². The molecule has 13 rings (SSSR count). The monoisotopic (exact) mass is 791 g/mol. The van der Waals surface area contributed by atoms with Gasteiger partial charge in [-0.2, -0.15) is 0 Å². The normalized spacial score (nSPS) is 14.6. The Morgan fingerprint density at radius 3 is 1.77 bits per heavy atom. The molecule has 0 N–H and O–H groups in total. The van der Waals surface area contributed by atoms with Crippen molar-refractivity contribution in [1.82, 2.24) is 0 Å². The van der Waals surface area contributed by atoms with Crippen LogP contribution >= 0.6 is 11.3 Å². The van der Waals surface area contributed by atoms with Gasteiger partial charge >= 0.3 is 0 Å². The van der Waals surface area contributed by atoms with Crippen LogP contribution in [0.1, 0.15) is 22.3 Å². The second-order valence-corrected chi connectivity index (χ2v) is 17.4. The molecule has 2 aliphatic carbocycles. The third-order valence-electron chi connectivity index (χ3n) is 13.3. The SMILES string of the molecule is c1ccc(-c2ccc(N(c3ccc4c(c3)C3(c5ccccc5-c5cccc6cccc3c56)c3cccc(-c5ccccc5)c3-4)c3ccc4c(c3)sc3ccccc34)cc2)cc1. The minimum absolute atomic E-state index is 0.561. The minimum atomic E-state index is -0.561. The van der Waals surface area contributed by atoms with Crippen LogP contribution in [0.25, 0.3) is 75.5 Å². The molecule has 0 aliphatic heterocycles. The highest BCUT2D eigenvalue weighted by Crippen LogP contribution is 2.64. The van der Waals surface area contributed by atoms with Crippen molar-refractivity contribution in [3.63, 3.8) is 0 Å². The van der Waals surface area contributed by atoms with Crippen molar-refractivity contribution in [2.45, 2.75) is 5.41 Å². The predicted molar refractivity (Wildman–Crippen MR) is 259 cm³/mol. The Labute approximate surface area is 359 Å². The van der Waals surface area contributed by atoms with Gasteiger partial charge in [0.1, 0.15) is 0 Å². The van der Waals surface area contributed by atoms with E-state index in [1.807, 2.05) is 11.3 Å². The Hall–Kier alpha value is -7.52. The molecule has 0 radical (unpaired) electrons. The van der Waals surface area contributed by atoms with E-state index in [1.165, 1.54) is 97.7 Å². The Bertz CT molecular complexity index is 3520. The van der Waals surface area contributed by atoms with Crippen LogP contribution < -0.4 is 4.90 Å². The summed E-state index contributed by atoms with van der Waals surface area (Å²) in [4.78, 5) is 2.47. The molecule has 0 fully saturated rings. The molecular weight excluding hydrogens is 755 g/mol. The van der Waals surface area contributed by atoms with Crippen molar-refractivity contribution in [2.24, 2.45) is 0 Å². The fraction of sp³-hybridized carbons (Fsp3) is 0.0169. The first-order valence-corrected chi connectivity index (χ1v) is 21.9. The minimum Gasteiger partial charge on any atom is -0.310 e. The van der Waals surface area contributed by atoms with Crippen LogP contribution in [0.4, 0.5) is 17.1 Å². The summed E-state index contributed by atoms with van der Waals surface area (Å²) in [5, 5.41) is 5.21. The van der Waals surface area contributed by atoms with E-state index in [-0.39, 0.29) is 0 Å². The van der Waals surface area contributed by atoms with Crippen molar-refractivity contribution in [2.75, 3.05) is 4.90 Å². The molecule has 0 bridgehead atoms. The molecule has 10 aromatic carbocycles. The fourth-order valence-corrected chi connectivity index (χ4v) is 11.9. The molecule has 61 heavy (non-hydrogen) atoms. The zero-order chi connectivity index (χ0) is 40.1. The van der Waals surface area contributed by atoms with Crippen LogP contribution in [-0.4, -0.2) is 0 Å². The summed E-state index contributed by atoms with van der Waals surface area (Å²) in [6.45, 7) is 0. The second kappa shape index (κ2) is 13.2. The van der Waals surface area contributed by atoms with Gasteiger partial charge in [-0.15, -0.1) is 11.3 Å². The number of nitrogens with zero attached hydrogens (tertiary/aromatic N) is 1. The van der Waals surface area contributed by atoms with Gasteiger partial charge in [-0.05, 0) is 120 Å². The van der Waals surface area contributed by atoms with E-state index < -0.39 is 5.41 Å². The third-order valence-corrected chi connectivity index (χ3v) is 14.4. The molecule has 0 saturated carbocycles. The second-order valence-electron chi connectivity index (χ2n) is 16.4. The van der Waals surface area contributed by atoms with Gasteiger partial charge in [-0.3, -0.25) is 0 Å². The molecule has 1 aromatic heterocycles. The van der Waals surface area contributed by atoms with E-state index in [0.29, 0.717) is 0 Å². The zero-order valence-corrected chi connectivity index (χ0v) is 34.0. The summed E-state index contributed by atoms with van der Waals surface area (Å²) in [7, 11) is 0. The van der Waals surface area contributed by atoms with Gasteiger partial charge in [0.25, 0.3) is 0 Å². The van der Waals surface area contributed by atoms with Crippen molar-refractivity contribution >= 4 is 59.3 Å². The molecule has 11 aromatic rings. The number of anilines is 3. The topological polar surface area (TPSA) is 3.24 Å². The molecule has 1 spiro atoms. The van der Waals surface area contributed by atoms with E-state index in [9.17, 15) is 0 Å². The molecule has 1 atom stereocenters. The van der Waals surface area contributed by atoms with Crippen LogP contribution in [0.2, 0.25) is 0 Å². The molecule has 1 unspecified atom stereocenters. The fourth-order valence-electron chi connectivity index (χ4n) is 10.7. The Morgan fingerprint density at radius 1 is 0.328 bits per heavy atom. The number of hydrogen-bond acceptors (Lipinski definition) is 2. The van der Waals surface area contributed by atoms with Crippen LogP contribution in [0.3, 0.4) is 0 Å². The lowest BCUT2D eigenvalue weighted by Crippen LogP contribution is -2.32. The van der Waals surface area contributed by atoms with Crippen LogP contribution in [0.15, 0.2) is 224 Å². The average molecular weight is 792 g/mol. The standard InChI is InChI=1S/C59H37NS/c1-3-14-38(15-4-1)39-28-30-42(31-29-39)60(44-32-34-48-47-21-8-10-27-55(47)61-56(48)37-44)43-33-35-50-54(36-43)59(53-26-13-22-45(58(50)53)40-16-5-2-6-17-40)51-24-9-7-20-46(51)49-23-11-18-41-19-12-25-52(59)57(41)49/h1-37H. The van der Waals surface area contributed by atoms with Gasteiger partial charge in [0.2, 0.25) is 0 Å². The zero-order valence-electron chi connectivity index (χ0n) is 33.2. The first kappa shape index (κ1) is 34.4. The van der Waals surface area contributed by atoms with Crippen molar-refractivity contribution in [3.8, 4) is 44.5 Å². The largest absolute Gasteiger partial charge is 0.310 e. The highest BCUT2D eigenvalue weighted by atomic mass is 32.1. The molecule has 2 heteroatoms. The summed E-state index contributed by atoms with van der Waals surface area (Å²) in [6, 6.07) is 83.7. The van der Waals surface area contributed by atoms with Crippen LogP contribution in [0, 0.1) is 0 Å². The highest BCUT2D eigenvalue weighted by Gasteiger charge is 2.51. The summed E-state index contributed by atoms with van der Waals surface area (Å²) < 4.78 is 2.59. The van der Waals surface area contributed by atoms with E-state index in [2.05, 4.69) is 229 Å². The van der Waals surface area contributed by atoms with Crippen molar-refractivity contribution in [1.29, 1.82) is 0 Å². The maximum Gasteiger partial charge on any atom is 0.0726 e. The highest BCUT2D eigenvalue weighted by molar-refractivity contribution is 7.25. The summed E-state index contributed by atoms with van der Waals surface area (Å²) in [6.07, 6.45) is 0. The maximum absolute atomic E-state index is 2.52. The smallest absolute Gasteiger partial charge is 0.0726 e. The van der Waals surface area contributed by atoms with Gasteiger partial charge in [-0.25, -0.2) is 0 Å². The van der Waals surface area contributed by atoms with E-state index in [4.69, 9.17) is 0 Å². The van der Waals surface area contributed by atoms with Gasteiger partial charge in [0.05, 0.1) is 5.41 Å². The molecule has 0 saturated heterocycles. The number of benzene rings is 10.